The first-order valence-corrected chi connectivity index (χ1v) is 12.0. The van der Waals surface area contributed by atoms with Crippen LogP contribution in [0.2, 0.25) is 0 Å². The summed E-state index contributed by atoms with van der Waals surface area (Å²) < 4.78 is 16.3. The Morgan fingerprint density at radius 3 is 2.82 bits per heavy atom. The number of fused-ring (bicyclic) bond motifs is 1. The molecule has 0 spiro atoms. The van der Waals surface area contributed by atoms with Gasteiger partial charge in [-0.05, 0) is 48.0 Å². The molecule has 3 aromatic heterocycles. The summed E-state index contributed by atoms with van der Waals surface area (Å²) in [6.07, 6.45) is 1.21. The molecule has 3 heterocycles. The molecule has 34 heavy (non-hydrogen) atoms. The third kappa shape index (κ3) is 4.55. The van der Waals surface area contributed by atoms with Crippen molar-refractivity contribution in [2.24, 2.45) is 7.05 Å². The van der Waals surface area contributed by atoms with Crippen molar-refractivity contribution < 1.29 is 9.18 Å². The second-order valence-corrected chi connectivity index (χ2v) is 9.15. The highest BCUT2D eigenvalue weighted by molar-refractivity contribution is 7.71. The first kappa shape index (κ1) is 22.2. The van der Waals surface area contributed by atoms with Gasteiger partial charge in [-0.3, -0.25) is 9.89 Å². The Bertz CT molecular complexity index is 1530. The fourth-order valence-electron chi connectivity index (χ4n) is 3.90. The number of anilines is 1. The van der Waals surface area contributed by atoms with E-state index in [1.807, 2.05) is 42.8 Å². The largest absolute Gasteiger partial charge is 0.354 e. The molecule has 0 bridgehead atoms. The van der Waals surface area contributed by atoms with Crippen LogP contribution in [0.4, 0.5) is 9.52 Å². The van der Waals surface area contributed by atoms with Gasteiger partial charge in [0, 0.05) is 35.4 Å². The Morgan fingerprint density at radius 1 is 1.24 bits per heavy atom. The van der Waals surface area contributed by atoms with Crippen molar-refractivity contribution in [1.82, 2.24) is 24.7 Å². The molecule has 0 saturated carbocycles. The van der Waals surface area contributed by atoms with Gasteiger partial charge < -0.3 is 14.9 Å². The minimum absolute atomic E-state index is 0.149. The number of amides is 1. The first-order chi connectivity index (χ1) is 16.5. The van der Waals surface area contributed by atoms with E-state index >= 15 is 0 Å². The van der Waals surface area contributed by atoms with Crippen molar-refractivity contribution in [3.8, 4) is 11.3 Å². The summed E-state index contributed by atoms with van der Waals surface area (Å²) in [5.74, 6) is 0.317. The summed E-state index contributed by atoms with van der Waals surface area (Å²) in [6, 6.07) is 14.5. The number of halogens is 1. The number of aromatic amines is 2. The van der Waals surface area contributed by atoms with Gasteiger partial charge in [0.2, 0.25) is 5.91 Å². The quantitative estimate of drug-likeness (QED) is 0.266. The van der Waals surface area contributed by atoms with Gasteiger partial charge in [0.1, 0.15) is 11.6 Å². The Balaban J connectivity index is 1.31. The van der Waals surface area contributed by atoms with Crippen LogP contribution in [-0.2, 0) is 24.7 Å². The summed E-state index contributed by atoms with van der Waals surface area (Å²) in [5.41, 5.74) is 4.46. The van der Waals surface area contributed by atoms with Crippen molar-refractivity contribution in [3.63, 3.8) is 0 Å². The number of carbonyl (C=O) groups excluding carboxylic acids is 1. The van der Waals surface area contributed by atoms with E-state index in [4.69, 9.17) is 12.2 Å². The SMILES string of the molecule is Cn1c(Cc2csc(NC(=O)CCc3c(-c4ccccc4)[nH]c4ccc(F)cc34)n2)n[nH]c1=S. The number of benzene rings is 2. The van der Waals surface area contributed by atoms with Crippen molar-refractivity contribution in [2.75, 3.05) is 5.32 Å². The molecular weight excluding hydrogens is 471 g/mol. The summed E-state index contributed by atoms with van der Waals surface area (Å²) in [7, 11) is 1.84. The van der Waals surface area contributed by atoms with Crippen molar-refractivity contribution in [2.45, 2.75) is 19.3 Å². The molecule has 5 aromatic rings. The number of aryl methyl sites for hydroxylation is 1. The zero-order chi connectivity index (χ0) is 23.7. The third-order valence-electron chi connectivity index (χ3n) is 5.64. The van der Waals surface area contributed by atoms with Crippen molar-refractivity contribution in [3.05, 3.63) is 81.6 Å². The van der Waals surface area contributed by atoms with Gasteiger partial charge in [-0.25, -0.2) is 9.37 Å². The van der Waals surface area contributed by atoms with Gasteiger partial charge in [0.25, 0.3) is 0 Å². The van der Waals surface area contributed by atoms with E-state index in [9.17, 15) is 9.18 Å². The van der Waals surface area contributed by atoms with Crippen molar-refractivity contribution in [1.29, 1.82) is 0 Å². The number of nitrogens with one attached hydrogen (secondary N) is 3. The molecule has 3 N–H and O–H groups in total. The normalized spacial score (nSPS) is 11.2. The lowest BCUT2D eigenvalue weighted by molar-refractivity contribution is -0.116. The molecule has 7 nitrogen and oxygen atoms in total. The molecule has 0 aliphatic carbocycles. The van der Waals surface area contributed by atoms with E-state index in [0.717, 1.165) is 39.2 Å². The summed E-state index contributed by atoms with van der Waals surface area (Å²) in [5, 5.41) is 13.0. The van der Waals surface area contributed by atoms with Crippen LogP contribution in [0.3, 0.4) is 0 Å². The molecule has 2 aromatic carbocycles. The predicted molar refractivity (Wildman–Crippen MR) is 134 cm³/mol. The lowest BCUT2D eigenvalue weighted by atomic mass is 10.0. The van der Waals surface area contributed by atoms with Gasteiger partial charge in [-0.15, -0.1) is 11.3 Å². The number of H-pyrrole nitrogens is 2. The number of carbonyl (C=O) groups is 1. The molecule has 0 aliphatic heterocycles. The van der Waals surface area contributed by atoms with Crippen molar-refractivity contribution >= 4 is 45.5 Å². The number of hydrogen-bond donors (Lipinski definition) is 3. The highest BCUT2D eigenvalue weighted by Gasteiger charge is 2.16. The van der Waals surface area contributed by atoms with E-state index < -0.39 is 0 Å². The smallest absolute Gasteiger partial charge is 0.226 e. The van der Waals surface area contributed by atoms with Crippen LogP contribution in [0.25, 0.3) is 22.2 Å². The molecule has 0 fully saturated rings. The number of nitrogens with zero attached hydrogens (tertiary/aromatic N) is 3. The third-order valence-corrected chi connectivity index (χ3v) is 6.81. The van der Waals surface area contributed by atoms with Gasteiger partial charge in [0.05, 0.1) is 12.1 Å². The first-order valence-electron chi connectivity index (χ1n) is 10.7. The molecule has 5 rings (SSSR count). The van der Waals surface area contributed by atoms with E-state index in [2.05, 4.69) is 25.5 Å². The predicted octanol–water partition coefficient (Wildman–Crippen LogP) is 5.38. The minimum Gasteiger partial charge on any atom is -0.354 e. The Labute approximate surface area is 203 Å². The maximum atomic E-state index is 14.0. The standard InChI is InChI=1S/C24H21FN6OS2/c1-31-20(29-30-24(31)33)12-16-13-34-23(26-16)28-21(32)10-8-17-18-11-15(25)7-9-19(18)27-22(17)14-5-3-2-4-6-14/h2-7,9,11,13,27H,8,10,12H2,1H3,(H,30,33)(H,26,28,32). The number of rotatable bonds is 7. The topological polar surface area (TPSA) is 91.4 Å². The van der Waals surface area contributed by atoms with E-state index in [-0.39, 0.29) is 18.1 Å². The number of thiazole rings is 1. The van der Waals surface area contributed by atoms with Gasteiger partial charge in [-0.1, -0.05) is 30.3 Å². The number of aromatic nitrogens is 5. The molecule has 0 saturated heterocycles. The fourth-order valence-corrected chi connectivity index (χ4v) is 4.77. The highest BCUT2D eigenvalue weighted by Crippen LogP contribution is 2.32. The van der Waals surface area contributed by atoms with Crippen LogP contribution < -0.4 is 5.32 Å². The molecule has 10 heteroatoms. The number of hydrogen-bond acceptors (Lipinski definition) is 5. The zero-order valence-corrected chi connectivity index (χ0v) is 19.9. The van der Waals surface area contributed by atoms with Gasteiger partial charge in [0.15, 0.2) is 9.90 Å². The monoisotopic (exact) mass is 492 g/mol. The molecule has 0 radical (unpaired) electrons. The zero-order valence-electron chi connectivity index (χ0n) is 18.3. The van der Waals surface area contributed by atoms with E-state index in [1.54, 1.807) is 10.6 Å². The molecule has 1 amide bonds. The van der Waals surface area contributed by atoms with Gasteiger partial charge in [-0.2, -0.15) is 5.10 Å². The molecular formula is C24H21FN6OS2. The Kier molecular flexibility index (Phi) is 6.08. The second kappa shape index (κ2) is 9.32. The van der Waals surface area contributed by atoms with Crippen LogP contribution >= 0.6 is 23.6 Å². The maximum Gasteiger partial charge on any atom is 0.226 e. The van der Waals surface area contributed by atoms with Gasteiger partial charge >= 0.3 is 0 Å². The lowest BCUT2D eigenvalue weighted by Crippen LogP contribution is -2.12. The fraction of sp³-hybridized carbons (Fsp3) is 0.167. The molecule has 0 aliphatic rings. The second-order valence-electron chi connectivity index (χ2n) is 7.91. The van der Waals surface area contributed by atoms with E-state index in [1.165, 1.54) is 23.5 Å². The van der Waals surface area contributed by atoms with Crippen LogP contribution in [0.5, 0.6) is 0 Å². The highest BCUT2D eigenvalue weighted by atomic mass is 32.1. The average molecular weight is 493 g/mol. The summed E-state index contributed by atoms with van der Waals surface area (Å²) in [6.45, 7) is 0. The molecule has 0 unspecified atom stereocenters. The van der Waals surface area contributed by atoms with Crippen LogP contribution in [0.15, 0.2) is 53.9 Å². The summed E-state index contributed by atoms with van der Waals surface area (Å²) in [4.78, 5) is 20.6. The average Bonchev–Trinajstić information content (AvgIpc) is 3.52. The maximum absolute atomic E-state index is 14.0. The molecule has 172 valence electrons. The summed E-state index contributed by atoms with van der Waals surface area (Å²) >= 11 is 6.50. The lowest BCUT2D eigenvalue weighted by Gasteiger charge is -2.06. The van der Waals surface area contributed by atoms with E-state index in [0.29, 0.717) is 22.7 Å². The molecule has 0 atom stereocenters. The van der Waals surface area contributed by atoms with Crippen LogP contribution in [0, 0.1) is 10.6 Å². The Morgan fingerprint density at radius 2 is 2.06 bits per heavy atom. The van der Waals surface area contributed by atoms with Crippen LogP contribution in [0.1, 0.15) is 23.5 Å². The van der Waals surface area contributed by atoms with Crippen LogP contribution in [-0.4, -0.2) is 30.6 Å². The minimum atomic E-state index is -0.305. The Hall–Kier alpha value is -3.63.